The van der Waals surface area contributed by atoms with Crippen LogP contribution in [0.3, 0.4) is 0 Å². The Kier molecular flexibility index (Phi) is 9.97. The van der Waals surface area contributed by atoms with E-state index in [1.807, 2.05) is 7.05 Å². The fourth-order valence-electron chi connectivity index (χ4n) is 2.60. The molecule has 0 saturated heterocycles. The lowest BCUT2D eigenvalue weighted by molar-refractivity contribution is 0.270. The molecule has 2 unspecified atom stereocenters. The molecule has 1 aliphatic carbocycles. The largest absolute Gasteiger partial charge is 0.357 e. The Labute approximate surface area is 123 Å². The van der Waals surface area contributed by atoms with Crippen molar-refractivity contribution in [2.75, 3.05) is 20.1 Å². The monoisotopic (exact) mass is 353 g/mol. The number of hydrogen-bond acceptors (Lipinski definition) is 1. The quantitative estimate of drug-likeness (QED) is 0.463. The summed E-state index contributed by atoms with van der Waals surface area (Å²) < 4.78 is 0. The maximum Gasteiger partial charge on any atom is 0.190 e. The van der Waals surface area contributed by atoms with Gasteiger partial charge in [-0.25, -0.2) is 0 Å². The molecule has 0 radical (unpaired) electrons. The molecule has 4 heteroatoms. The van der Waals surface area contributed by atoms with E-state index >= 15 is 0 Å². The van der Waals surface area contributed by atoms with Gasteiger partial charge in [0.1, 0.15) is 0 Å². The van der Waals surface area contributed by atoms with E-state index in [1.165, 1.54) is 32.1 Å². The normalized spacial score (nSPS) is 25.0. The van der Waals surface area contributed by atoms with E-state index in [2.05, 4.69) is 29.5 Å². The van der Waals surface area contributed by atoms with Gasteiger partial charge in [0.05, 0.1) is 0 Å². The number of nitrogens with zero attached hydrogens (tertiary/aromatic N) is 1. The maximum atomic E-state index is 4.17. The molecule has 0 spiro atoms. The van der Waals surface area contributed by atoms with Gasteiger partial charge in [0, 0.05) is 20.1 Å². The fraction of sp³-hybridized carbons (Fsp3) is 0.923. The number of aliphatic imine (C=N–C) groups is 1. The first-order chi connectivity index (χ1) is 7.76. The van der Waals surface area contributed by atoms with E-state index in [4.69, 9.17) is 0 Å². The molecule has 0 heterocycles. The molecule has 0 aromatic rings. The number of hydrogen-bond donors (Lipinski definition) is 2. The molecule has 2 atom stereocenters. The van der Waals surface area contributed by atoms with E-state index in [0.29, 0.717) is 0 Å². The van der Waals surface area contributed by atoms with E-state index in [0.717, 1.165) is 30.9 Å². The van der Waals surface area contributed by atoms with Gasteiger partial charge < -0.3 is 10.6 Å². The van der Waals surface area contributed by atoms with Gasteiger partial charge in [-0.2, -0.15) is 0 Å². The fourth-order valence-corrected chi connectivity index (χ4v) is 2.60. The van der Waals surface area contributed by atoms with Crippen LogP contribution in [0, 0.1) is 11.8 Å². The molecule has 0 aliphatic heterocycles. The zero-order chi connectivity index (χ0) is 11.8. The van der Waals surface area contributed by atoms with E-state index in [-0.39, 0.29) is 24.0 Å². The summed E-state index contributed by atoms with van der Waals surface area (Å²) in [6.45, 7) is 6.46. The molecule has 0 aromatic heterocycles. The van der Waals surface area contributed by atoms with Gasteiger partial charge in [0.15, 0.2) is 5.96 Å². The summed E-state index contributed by atoms with van der Waals surface area (Å²) in [4.78, 5) is 4.17. The van der Waals surface area contributed by atoms with E-state index in [1.54, 1.807) is 0 Å². The lowest BCUT2D eigenvalue weighted by atomic mass is 9.81. The van der Waals surface area contributed by atoms with Gasteiger partial charge in [0.2, 0.25) is 0 Å². The Balaban J connectivity index is 0.00000256. The predicted octanol–water partition coefficient (Wildman–Crippen LogP) is 3.01. The van der Waals surface area contributed by atoms with Crippen LogP contribution in [-0.4, -0.2) is 26.1 Å². The Hall–Kier alpha value is 0. The third-order valence-corrected chi connectivity index (χ3v) is 3.46. The molecule has 2 N–H and O–H groups in total. The SMILES string of the molecule is CCNC(=NC)NCCC1CCCC(C)C1.I. The van der Waals surface area contributed by atoms with Crippen LogP contribution in [0.2, 0.25) is 0 Å². The third kappa shape index (κ3) is 7.11. The highest BCUT2D eigenvalue weighted by Crippen LogP contribution is 2.30. The second-order valence-electron chi connectivity index (χ2n) is 4.96. The molecule has 1 saturated carbocycles. The van der Waals surface area contributed by atoms with Crippen molar-refractivity contribution in [3.05, 3.63) is 0 Å². The molecule has 102 valence electrons. The van der Waals surface area contributed by atoms with Gasteiger partial charge in [-0.3, -0.25) is 4.99 Å². The van der Waals surface area contributed by atoms with Crippen LogP contribution in [0.15, 0.2) is 4.99 Å². The van der Waals surface area contributed by atoms with Crippen molar-refractivity contribution in [3.8, 4) is 0 Å². The lowest BCUT2D eigenvalue weighted by Gasteiger charge is -2.26. The van der Waals surface area contributed by atoms with Gasteiger partial charge in [-0.15, -0.1) is 24.0 Å². The summed E-state index contributed by atoms with van der Waals surface area (Å²) in [5.74, 6) is 2.80. The molecule has 1 aliphatic rings. The van der Waals surface area contributed by atoms with Crippen LogP contribution in [0.25, 0.3) is 0 Å². The summed E-state index contributed by atoms with van der Waals surface area (Å²) in [5.41, 5.74) is 0. The van der Waals surface area contributed by atoms with Crippen LogP contribution >= 0.6 is 24.0 Å². The highest BCUT2D eigenvalue weighted by molar-refractivity contribution is 14.0. The highest BCUT2D eigenvalue weighted by Gasteiger charge is 2.18. The Morgan fingerprint density at radius 2 is 2.06 bits per heavy atom. The number of rotatable bonds is 4. The van der Waals surface area contributed by atoms with Gasteiger partial charge in [-0.1, -0.05) is 26.2 Å². The van der Waals surface area contributed by atoms with Crippen LogP contribution in [0.4, 0.5) is 0 Å². The van der Waals surface area contributed by atoms with Crippen LogP contribution in [-0.2, 0) is 0 Å². The average Bonchev–Trinajstić information content (AvgIpc) is 2.28. The molecule has 0 bridgehead atoms. The number of guanidine groups is 1. The third-order valence-electron chi connectivity index (χ3n) is 3.46. The minimum atomic E-state index is 0. The second-order valence-corrected chi connectivity index (χ2v) is 4.96. The molecular weight excluding hydrogens is 325 g/mol. The maximum absolute atomic E-state index is 4.17. The van der Waals surface area contributed by atoms with Crippen LogP contribution < -0.4 is 10.6 Å². The summed E-state index contributed by atoms with van der Waals surface area (Å²) >= 11 is 0. The van der Waals surface area contributed by atoms with Gasteiger partial charge in [-0.05, 0) is 31.6 Å². The second kappa shape index (κ2) is 9.97. The Morgan fingerprint density at radius 3 is 2.65 bits per heavy atom. The van der Waals surface area contributed by atoms with E-state index < -0.39 is 0 Å². The summed E-state index contributed by atoms with van der Waals surface area (Å²) in [6, 6.07) is 0. The van der Waals surface area contributed by atoms with Crippen molar-refractivity contribution in [2.24, 2.45) is 16.8 Å². The lowest BCUT2D eigenvalue weighted by Crippen LogP contribution is -2.38. The van der Waals surface area contributed by atoms with Crippen molar-refractivity contribution in [1.82, 2.24) is 10.6 Å². The Morgan fingerprint density at radius 1 is 1.29 bits per heavy atom. The van der Waals surface area contributed by atoms with Gasteiger partial charge >= 0.3 is 0 Å². The van der Waals surface area contributed by atoms with Crippen molar-refractivity contribution in [3.63, 3.8) is 0 Å². The van der Waals surface area contributed by atoms with Crippen molar-refractivity contribution < 1.29 is 0 Å². The van der Waals surface area contributed by atoms with Crippen LogP contribution in [0.1, 0.15) is 46.0 Å². The van der Waals surface area contributed by atoms with Crippen molar-refractivity contribution in [1.29, 1.82) is 0 Å². The molecular formula is C13H28IN3. The summed E-state index contributed by atoms with van der Waals surface area (Å²) in [7, 11) is 1.83. The first-order valence-electron chi connectivity index (χ1n) is 6.70. The predicted molar refractivity (Wildman–Crippen MR) is 86.2 cm³/mol. The minimum Gasteiger partial charge on any atom is -0.357 e. The molecule has 17 heavy (non-hydrogen) atoms. The number of nitrogens with one attached hydrogen (secondary N) is 2. The Bertz CT molecular complexity index is 219. The van der Waals surface area contributed by atoms with E-state index in [9.17, 15) is 0 Å². The first-order valence-corrected chi connectivity index (χ1v) is 6.70. The average molecular weight is 353 g/mol. The standard InChI is InChI=1S/C13H27N3.HI/c1-4-15-13(14-3)16-9-8-12-7-5-6-11(2)10-12;/h11-12H,4-10H2,1-3H3,(H2,14,15,16);1H. The molecule has 3 nitrogen and oxygen atoms in total. The molecule has 1 fully saturated rings. The van der Waals surface area contributed by atoms with Gasteiger partial charge in [0.25, 0.3) is 0 Å². The van der Waals surface area contributed by atoms with Crippen molar-refractivity contribution >= 4 is 29.9 Å². The number of halogens is 1. The molecule has 0 amide bonds. The first kappa shape index (κ1) is 17.0. The minimum absolute atomic E-state index is 0. The zero-order valence-corrected chi connectivity index (χ0v) is 13.8. The van der Waals surface area contributed by atoms with Crippen LogP contribution in [0.5, 0.6) is 0 Å². The zero-order valence-electron chi connectivity index (χ0n) is 11.5. The topological polar surface area (TPSA) is 36.4 Å². The van der Waals surface area contributed by atoms with Crippen molar-refractivity contribution in [2.45, 2.75) is 46.0 Å². The smallest absolute Gasteiger partial charge is 0.190 e. The summed E-state index contributed by atoms with van der Waals surface area (Å²) in [6.07, 6.45) is 6.98. The summed E-state index contributed by atoms with van der Waals surface area (Å²) in [5, 5.41) is 6.59. The molecule has 0 aromatic carbocycles. The molecule has 1 rings (SSSR count). The highest BCUT2D eigenvalue weighted by atomic mass is 127.